The Balaban J connectivity index is 0.000000266. The van der Waals surface area contributed by atoms with Gasteiger partial charge in [0.05, 0.1) is 18.8 Å². The fourth-order valence-corrected chi connectivity index (χ4v) is 6.67. The maximum atomic E-state index is 12.8. The summed E-state index contributed by atoms with van der Waals surface area (Å²) in [5.74, 6) is 1.62. The van der Waals surface area contributed by atoms with Crippen LogP contribution in [0.25, 0.3) is 11.0 Å². The monoisotopic (exact) mass is 719 g/mol. The Kier molecular flexibility index (Phi) is 19.2. The molecule has 2 heterocycles. The van der Waals surface area contributed by atoms with Gasteiger partial charge in [-0.15, -0.1) is 0 Å². The topological polar surface area (TPSA) is 136 Å². The van der Waals surface area contributed by atoms with E-state index in [1.54, 1.807) is 52.0 Å². The number of methoxy groups -OCH3 is 1. The van der Waals surface area contributed by atoms with Crippen molar-refractivity contribution in [3.05, 3.63) is 30.0 Å². The zero-order valence-corrected chi connectivity index (χ0v) is 32.0. The van der Waals surface area contributed by atoms with Crippen LogP contribution in [0.4, 0.5) is 14.9 Å². The second-order valence-corrected chi connectivity index (χ2v) is 14.5. The first-order valence-corrected chi connectivity index (χ1v) is 18.4. The average molecular weight is 720 g/mol. The van der Waals surface area contributed by atoms with Crippen LogP contribution in [-0.4, -0.2) is 87.4 Å². The van der Waals surface area contributed by atoms with Crippen molar-refractivity contribution in [3.63, 3.8) is 0 Å². The summed E-state index contributed by atoms with van der Waals surface area (Å²) < 4.78 is 33.5. The number of rotatable bonds is 14. The molecule has 51 heavy (non-hydrogen) atoms. The molecule has 2 N–H and O–H groups in total. The number of ether oxygens (including phenoxy) is 3. The minimum atomic E-state index is -0.628. The summed E-state index contributed by atoms with van der Waals surface area (Å²) in [6.07, 6.45) is 11.0. The number of hydrogen-bond donors (Lipinski definition) is 2. The molecule has 11 nitrogen and oxygen atoms in total. The Labute approximate surface area is 303 Å². The molecule has 12 heteroatoms. The number of carbonyl (C=O) groups excluding carboxylic acids is 4. The van der Waals surface area contributed by atoms with Crippen LogP contribution in [0.5, 0.6) is 0 Å². The minimum Gasteiger partial charge on any atom is -0.460 e. The molecular formula is C39H62FN3O8. The first-order chi connectivity index (χ1) is 24.3. The Morgan fingerprint density at radius 3 is 2.31 bits per heavy atom. The van der Waals surface area contributed by atoms with Crippen LogP contribution in [0.3, 0.4) is 0 Å². The summed E-state index contributed by atoms with van der Waals surface area (Å²) in [6, 6.07) is 6.94. The summed E-state index contributed by atoms with van der Waals surface area (Å²) in [5, 5.41) is 5.77. The maximum Gasteiger partial charge on any atom is 0.407 e. The zero-order valence-electron chi connectivity index (χ0n) is 32.0. The van der Waals surface area contributed by atoms with Crippen molar-refractivity contribution in [3.8, 4) is 0 Å². The molecule has 1 aromatic heterocycles. The van der Waals surface area contributed by atoms with Crippen molar-refractivity contribution in [1.29, 1.82) is 0 Å². The molecule has 1 aromatic carbocycles. The molecule has 4 atom stereocenters. The number of fused-ring (bicyclic) bond motifs is 1. The number of hydrogen-bond acceptors (Lipinski definition) is 9. The van der Waals surface area contributed by atoms with Gasteiger partial charge in [0.15, 0.2) is 0 Å². The predicted molar refractivity (Wildman–Crippen MR) is 198 cm³/mol. The number of aldehydes is 1. The van der Waals surface area contributed by atoms with Crippen molar-refractivity contribution in [2.75, 3.05) is 39.3 Å². The molecule has 2 fully saturated rings. The molecule has 1 saturated carbocycles. The summed E-state index contributed by atoms with van der Waals surface area (Å²) in [4.78, 5) is 46.4. The van der Waals surface area contributed by atoms with E-state index in [2.05, 4.69) is 29.5 Å². The van der Waals surface area contributed by atoms with Crippen LogP contribution in [0, 0.1) is 17.8 Å². The molecule has 4 unspecified atom stereocenters. The van der Waals surface area contributed by atoms with E-state index in [0.717, 1.165) is 42.4 Å². The van der Waals surface area contributed by atoms with E-state index in [4.69, 9.17) is 18.6 Å². The van der Waals surface area contributed by atoms with Gasteiger partial charge >= 0.3 is 12.1 Å². The van der Waals surface area contributed by atoms with Gasteiger partial charge in [0.1, 0.15) is 24.1 Å². The number of anilines is 1. The van der Waals surface area contributed by atoms with Crippen LogP contribution < -0.4 is 10.6 Å². The van der Waals surface area contributed by atoms with Gasteiger partial charge in [0.25, 0.3) is 0 Å². The van der Waals surface area contributed by atoms with Crippen LogP contribution in [-0.2, 0) is 23.8 Å². The number of likely N-dealkylation sites (tertiary alicyclic amines) is 1. The molecule has 0 bridgehead atoms. The number of carbonyl (C=O) groups is 4. The second kappa shape index (κ2) is 22.4. The summed E-state index contributed by atoms with van der Waals surface area (Å²) in [7, 11) is 4.13. The average Bonchev–Trinajstić information content (AvgIpc) is 3.68. The van der Waals surface area contributed by atoms with Gasteiger partial charge in [-0.1, -0.05) is 13.3 Å². The first-order valence-electron chi connectivity index (χ1n) is 18.4. The van der Waals surface area contributed by atoms with Gasteiger partial charge in [-0.3, -0.25) is 4.79 Å². The number of alkyl carbamates (subject to hydrolysis) is 1. The Hall–Kier alpha value is -3.51. The number of nitrogens with zero attached hydrogens (tertiary/aromatic N) is 1. The maximum absolute atomic E-state index is 12.8. The highest BCUT2D eigenvalue weighted by molar-refractivity contribution is 5.94. The molecule has 1 aliphatic heterocycles. The molecule has 0 radical (unpaired) electrons. The van der Waals surface area contributed by atoms with Crippen molar-refractivity contribution in [2.24, 2.45) is 17.8 Å². The van der Waals surface area contributed by atoms with Gasteiger partial charge in [0, 0.05) is 30.1 Å². The molecule has 1 saturated heterocycles. The van der Waals surface area contributed by atoms with E-state index in [-0.39, 0.29) is 11.7 Å². The standard InChI is InChI=1S/C14H26FNO3.C13H25NO.C12H11NO4/c1-5-11(10-17)7-6-8-12(9-15)16-13(18)19-14(2,3)4;1-10-13(8-9-14(10)2)11-4-6-12(15-3)7-5-11;1-2-16-12(15)11-6-8-5-9(13-7-14)3-4-10(8)17-11/h10-12H,5-9H2,1-4H3,(H,16,18);10-13H,4-9H2,1-3H3;3-7H,2H2,1H3,(H,13,14). The van der Waals surface area contributed by atoms with E-state index < -0.39 is 30.4 Å². The molecule has 288 valence electrons. The molecule has 0 spiro atoms. The molecule has 2 amide bonds. The number of halogens is 1. The van der Waals surface area contributed by atoms with Gasteiger partial charge in [-0.2, -0.15) is 0 Å². The van der Waals surface area contributed by atoms with E-state index in [0.29, 0.717) is 43.2 Å². The van der Waals surface area contributed by atoms with E-state index >= 15 is 0 Å². The quantitative estimate of drug-likeness (QED) is 0.147. The molecule has 2 aromatic rings. The van der Waals surface area contributed by atoms with E-state index in [1.807, 2.05) is 14.0 Å². The lowest BCUT2D eigenvalue weighted by molar-refractivity contribution is -0.111. The molecule has 2 aliphatic rings. The minimum absolute atomic E-state index is 0.0294. The van der Waals surface area contributed by atoms with Crippen LogP contribution >= 0.6 is 0 Å². The van der Waals surface area contributed by atoms with Gasteiger partial charge < -0.3 is 39.0 Å². The van der Waals surface area contributed by atoms with E-state index in [1.165, 1.54) is 38.6 Å². The van der Waals surface area contributed by atoms with Crippen molar-refractivity contribution in [1.82, 2.24) is 10.2 Å². The fourth-order valence-electron chi connectivity index (χ4n) is 6.67. The number of benzene rings is 1. The first kappa shape index (κ1) is 43.7. The van der Waals surface area contributed by atoms with Crippen LogP contribution in [0.2, 0.25) is 0 Å². The van der Waals surface area contributed by atoms with Crippen molar-refractivity contribution >= 4 is 41.4 Å². The van der Waals surface area contributed by atoms with E-state index in [9.17, 15) is 23.6 Å². The van der Waals surface area contributed by atoms with Gasteiger partial charge in [0.2, 0.25) is 12.2 Å². The van der Waals surface area contributed by atoms with Gasteiger partial charge in [-0.25, -0.2) is 14.0 Å². The third-order valence-corrected chi connectivity index (χ3v) is 9.76. The Bertz CT molecular complexity index is 1340. The SMILES string of the molecule is CCC(C=O)CCCC(CF)NC(=O)OC(C)(C)C.CCOC(=O)c1cc2cc(NC=O)ccc2o1.COC1CCC(C2CCN(C)C2C)CC1. The summed E-state index contributed by atoms with van der Waals surface area (Å²) in [6.45, 7) is 12.3. The third kappa shape index (κ3) is 15.3. The largest absolute Gasteiger partial charge is 0.460 e. The van der Waals surface area contributed by atoms with Crippen LogP contribution in [0.15, 0.2) is 28.7 Å². The normalized spacial score (nSPS) is 21.6. The number of alkyl halides is 1. The van der Waals surface area contributed by atoms with Crippen molar-refractivity contribution < 1.29 is 42.2 Å². The highest BCUT2D eigenvalue weighted by atomic mass is 19.1. The predicted octanol–water partition coefficient (Wildman–Crippen LogP) is 7.95. The Morgan fingerprint density at radius 1 is 1.08 bits per heavy atom. The highest BCUT2D eigenvalue weighted by Crippen LogP contribution is 2.38. The number of furan rings is 1. The summed E-state index contributed by atoms with van der Waals surface area (Å²) in [5.41, 5.74) is 0.628. The molecule has 1 aliphatic carbocycles. The lowest BCUT2D eigenvalue weighted by atomic mass is 9.76. The number of nitrogens with one attached hydrogen (secondary N) is 2. The van der Waals surface area contributed by atoms with Crippen molar-refractivity contribution in [2.45, 2.75) is 123 Å². The summed E-state index contributed by atoms with van der Waals surface area (Å²) >= 11 is 0. The number of amides is 2. The number of esters is 1. The second-order valence-electron chi connectivity index (χ2n) is 14.5. The van der Waals surface area contributed by atoms with Crippen LogP contribution in [0.1, 0.15) is 110 Å². The highest BCUT2D eigenvalue weighted by Gasteiger charge is 2.36. The lowest BCUT2D eigenvalue weighted by Crippen LogP contribution is -2.40. The smallest absolute Gasteiger partial charge is 0.407 e. The molecular weight excluding hydrogens is 657 g/mol. The Morgan fingerprint density at radius 2 is 1.78 bits per heavy atom. The zero-order chi connectivity index (χ0) is 38.0. The fraction of sp³-hybridized carbons (Fsp3) is 0.692. The lowest BCUT2D eigenvalue weighted by Gasteiger charge is -2.34. The molecule has 4 rings (SSSR count). The van der Waals surface area contributed by atoms with Gasteiger partial charge in [-0.05, 0) is 136 Å². The third-order valence-electron chi connectivity index (χ3n) is 9.76.